The summed E-state index contributed by atoms with van der Waals surface area (Å²) in [6, 6.07) is 7.82. The molecule has 2 aromatic rings. The number of benzene rings is 1. The summed E-state index contributed by atoms with van der Waals surface area (Å²) in [4.78, 5) is 13.2. The fourth-order valence-electron chi connectivity index (χ4n) is 1.25. The van der Waals surface area contributed by atoms with E-state index in [0.717, 1.165) is 12.0 Å². The summed E-state index contributed by atoms with van der Waals surface area (Å²) in [6.07, 6.45) is 0.996. The molecule has 0 amide bonds. The molecule has 0 bridgehead atoms. The average molecular weight is 250 g/mol. The Bertz CT molecular complexity index is 469. The first kappa shape index (κ1) is 16.2. The minimum absolute atomic E-state index is 0.470. The van der Waals surface area contributed by atoms with Gasteiger partial charge >= 0.3 is 5.76 Å². The van der Waals surface area contributed by atoms with Gasteiger partial charge in [0.1, 0.15) is 0 Å². The van der Waals surface area contributed by atoms with Crippen molar-refractivity contribution in [3.05, 3.63) is 40.4 Å². The van der Waals surface area contributed by atoms with Crippen LogP contribution in [0.4, 0.5) is 0 Å². The van der Waals surface area contributed by atoms with Gasteiger partial charge in [-0.1, -0.05) is 64.0 Å². The molecule has 4 nitrogen and oxygen atoms in total. The third kappa shape index (κ3) is 4.57. The molecule has 0 aliphatic heterocycles. The van der Waals surface area contributed by atoms with Gasteiger partial charge in [0.25, 0.3) is 0 Å². The summed E-state index contributed by atoms with van der Waals surface area (Å²) >= 11 is 0. The number of nitrogens with zero attached hydrogens (tertiary/aromatic N) is 1. The molecule has 1 aromatic heterocycles. The molecule has 100 valence electrons. The van der Waals surface area contributed by atoms with Crippen LogP contribution in [-0.2, 0) is 6.42 Å². The van der Waals surface area contributed by atoms with E-state index in [-0.39, 0.29) is 0 Å². The Morgan fingerprint density at radius 2 is 1.67 bits per heavy atom. The van der Waals surface area contributed by atoms with E-state index in [1.54, 1.807) is 0 Å². The van der Waals surface area contributed by atoms with Crippen molar-refractivity contribution in [1.29, 1.82) is 0 Å². The van der Waals surface area contributed by atoms with Gasteiger partial charge in [0.2, 0.25) is 0 Å². The number of aromatic nitrogens is 2. The minimum Gasteiger partial charge on any atom is -0.296 e. The number of nitrogens with one attached hydrogen (secondary N) is 1. The van der Waals surface area contributed by atoms with Crippen molar-refractivity contribution in [2.24, 2.45) is 0 Å². The predicted octanol–water partition coefficient (Wildman–Crippen LogP) is 3.64. The Balaban J connectivity index is 0.000000659. The van der Waals surface area contributed by atoms with Crippen LogP contribution in [0.3, 0.4) is 0 Å². The Kier molecular flexibility index (Phi) is 8.27. The number of hydrogen-bond acceptors (Lipinski definition) is 3. The standard InChI is InChI=1S/C10H10N2O2.2C2H6/c1-2-7-3-5-8(6-4-7)9-11-10(13)14-12-9;2*1-2/h3-6H,2H2,1H3,(H,11,12,13);2*1-2H3. The molecule has 0 aliphatic carbocycles. The lowest BCUT2D eigenvalue weighted by Gasteiger charge is -1.97. The second-order valence-electron chi connectivity index (χ2n) is 2.99. The lowest BCUT2D eigenvalue weighted by molar-refractivity contribution is 0.388. The largest absolute Gasteiger partial charge is 0.439 e. The highest BCUT2D eigenvalue weighted by Crippen LogP contribution is 2.14. The molecule has 1 aromatic carbocycles. The van der Waals surface area contributed by atoms with Crippen LogP contribution < -0.4 is 5.76 Å². The molecule has 0 saturated heterocycles. The zero-order valence-electron chi connectivity index (χ0n) is 11.8. The van der Waals surface area contributed by atoms with E-state index in [2.05, 4.69) is 21.6 Å². The highest BCUT2D eigenvalue weighted by molar-refractivity contribution is 5.54. The van der Waals surface area contributed by atoms with Gasteiger partial charge in [-0.3, -0.25) is 9.51 Å². The molecular formula is C14H22N2O2. The van der Waals surface area contributed by atoms with Crippen molar-refractivity contribution in [3.63, 3.8) is 0 Å². The molecule has 1 heterocycles. The van der Waals surface area contributed by atoms with E-state index in [0.29, 0.717) is 5.82 Å². The number of hydrogen-bond donors (Lipinski definition) is 1. The van der Waals surface area contributed by atoms with Gasteiger partial charge in [-0.05, 0) is 12.0 Å². The molecule has 0 unspecified atom stereocenters. The topological polar surface area (TPSA) is 58.9 Å². The molecule has 0 radical (unpaired) electrons. The van der Waals surface area contributed by atoms with Gasteiger partial charge in [-0.25, -0.2) is 4.79 Å². The summed E-state index contributed by atoms with van der Waals surface area (Å²) in [5.41, 5.74) is 2.10. The fourth-order valence-corrected chi connectivity index (χ4v) is 1.25. The van der Waals surface area contributed by atoms with Crippen molar-refractivity contribution in [2.75, 3.05) is 0 Å². The lowest BCUT2D eigenvalue weighted by atomic mass is 10.1. The Hall–Kier alpha value is -1.84. The van der Waals surface area contributed by atoms with Crippen LogP contribution in [-0.4, -0.2) is 10.1 Å². The van der Waals surface area contributed by atoms with Gasteiger partial charge in [0.05, 0.1) is 0 Å². The lowest BCUT2D eigenvalue weighted by Crippen LogP contribution is -1.94. The maximum Gasteiger partial charge on any atom is 0.439 e. The van der Waals surface area contributed by atoms with Crippen molar-refractivity contribution in [1.82, 2.24) is 10.1 Å². The Morgan fingerprint density at radius 1 is 1.11 bits per heavy atom. The summed E-state index contributed by atoms with van der Waals surface area (Å²) in [5.74, 6) is -0.0581. The van der Waals surface area contributed by atoms with E-state index >= 15 is 0 Å². The molecule has 0 atom stereocenters. The van der Waals surface area contributed by atoms with Crippen LogP contribution in [0.1, 0.15) is 40.2 Å². The van der Waals surface area contributed by atoms with Gasteiger partial charge < -0.3 is 0 Å². The van der Waals surface area contributed by atoms with Crippen molar-refractivity contribution in [3.8, 4) is 11.4 Å². The normalized spacial score (nSPS) is 8.72. The smallest absolute Gasteiger partial charge is 0.296 e. The van der Waals surface area contributed by atoms with E-state index < -0.39 is 5.76 Å². The van der Waals surface area contributed by atoms with Crippen LogP contribution in [0.5, 0.6) is 0 Å². The summed E-state index contributed by atoms with van der Waals surface area (Å²) in [7, 11) is 0. The number of aromatic amines is 1. The van der Waals surface area contributed by atoms with E-state index in [4.69, 9.17) is 0 Å². The summed E-state index contributed by atoms with van der Waals surface area (Å²) in [6.45, 7) is 10.1. The predicted molar refractivity (Wildman–Crippen MR) is 74.6 cm³/mol. The highest BCUT2D eigenvalue weighted by atomic mass is 16.5. The van der Waals surface area contributed by atoms with Crippen LogP contribution in [0.25, 0.3) is 11.4 Å². The Labute approximate surface area is 108 Å². The van der Waals surface area contributed by atoms with E-state index in [9.17, 15) is 4.79 Å². The molecule has 0 fully saturated rings. The molecule has 0 spiro atoms. The SMILES string of the molecule is CC.CC.CCc1ccc(-c2noc(=O)[nH]2)cc1. The van der Waals surface area contributed by atoms with Crippen LogP contribution in [0.15, 0.2) is 33.6 Å². The summed E-state index contributed by atoms with van der Waals surface area (Å²) in [5, 5.41) is 3.60. The van der Waals surface area contributed by atoms with E-state index in [1.807, 2.05) is 52.0 Å². The number of aryl methyl sites for hydroxylation is 1. The highest BCUT2D eigenvalue weighted by Gasteiger charge is 2.02. The molecule has 2 rings (SSSR count). The molecule has 0 aliphatic rings. The molecular weight excluding hydrogens is 228 g/mol. The average Bonchev–Trinajstić information content (AvgIpc) is 2.90. The molecule has 4 heteroatoms. The monoisotopic (exact) mass is 250 g/mol. The van der Waals surface area contributed by atoms with Gasteiger partial charge in [-0.15, -0.1) is 0 Å². The molecule has 18 heavy (non-hydrogen) atoms. The van der Waals surface area contributed by atoms with Crippen molar-refractivity contribution in [2.45, 2.75) is 41.0 Å². The zero-order valence-corrected chi connectivity index (χ0v) is 11.8. The van der Waals surface area contributed by atoms with Gasteiger partial charge in [0, 0.05) is 5.56 Å². The second kappa shape index (κ2) is 9.22. The van der Waals surface area contributed by atoms with Crippen molar-refractivity contribution >= 4 is 0 Å². The van der Waals surface area contributed by atoms with Gasteiger partial charge in [-0.2, -0.15) is 0 Å². The van der Waals surface area contributed by atoms with Crippen molar-refractivity contribution < 1.29 is 4.52 Å². The van der Waals surface area contributed by atoms with Crippen LogP contribution >= 0.6 is 0 Å². The zero-order chi connectivity index (χ0) is 14.0. The van der Waals surface area contributed by atoms with Crippen LogP contribution in [0, 0.1) is 0 Å². The molecule has 1 N–H and O–H groups in total. The molecule has 0 saturated carbocycles. The van der Waals surface area contributed by atoms with Gasteiger partial charge in [0.15, 0.2) is 5.82 Å². The quantitative estimate of drug-likeness (QED) is 0.885. The fraction of sp³-hybridized carbons (Fsp3) is 0.429. The maximum atomic E-state index is 10.7. The first-order valence-electron chi connectivity index (χ1n) is 6.45. The second-order valence-corrected chi connectivity index (χ2v) is 2.99. The maximum absolute atomic E-state index is 10.7. The van der Waals surface area contributed by atoms with Crippen LogP contribution in [0.2, 0.25) is 0 Å². The summed E-state index contributed by atoms with van der Waals surface area (Å²) < 4.78 is 4.41. The first-order valence-corrected chi connectivity index (χ1v) is 6.45. The van der Waals surface area contributed by atoms with E-state index in [1.165, 1.54) is 5.56 Å². The Morgan fingerprint density at radius 3 is 2.06 bits per heavy atom. The number of H-pyrrole nitrogens is 1. The first-order chi connectivity index (χ1) is 8.79. The number of rotatable bonds is 2. The third-order valence-corrected chi connectivity index (χ3v) is 2.08. The minimum atomic E-state index is -0.528. The third-order valence-electron chi connectivity index (χ3n) is 2.08.